The molecule has 0 aromatic heterocycles. The number of allylic oxidation sites excluding steroid dienone is 2. The van der Waals surface area contributed by atoms with Gasteiger partial charge in [0, 0.05) is 11.3 Å². The predicted octanol–water partition coefficient (Wildman–Crippen LogP) is 5.78. The lowest BCUT2D eigenvalue weighted by Gasteiger charge is -2.34. The van der Waals surface area contributed by atoms with Gasteiger partial charge in [-0.2, -0.15) is 0 Å². The molecule has 1 fully saturated rings. The highest BCUT2D eigenvalue weighted by Gasteiger charge is 2.57. The van der Waals surface area contributed by atoms with Crippen LogP contribution in [0.4, 0.5) is 0 Å². The molecular weight excluding hydrogens is 406 g/mol. The second kappa shape index (κ2) is 7.63. The Morgan fingerprint density at radius 3 is 1.72 bits per heavy atom. The fraction of sp³-hybridized carbons (Fsp3) is 0.231. The van der Waals surface area contributed by atoms with Crippen molar-refractivity contribution in [1.29, 1.82) is 0 Å². The van der Waals surface area contributed by atoms with E-state index in [0.29, 0.717) is 17.0 Å². The molecule has 2 heterocycles. The molecule has 0 nitrogen and oxygen atoms in total. The molecule has 3 heteroatoms. The summed E-state index contributed by atoms with van der Waals surface area (Å²) in [6.45, 7) is 4.73. The molecule has 0 aliphatic carbocycles. The maximum atomic E-state index is 6.67. The summed E-state index contributed by atoms with van der Waals surface area (Å²) in [6, 6.07) is 31.8. The Hall–Kier alpha value is -1.52. The van der Waals surface area contributed by atoms with Gasteiger partial charge in [-0.15, -0.1) is 0 Å². The van der Waals surface area contributed by atoms with Gasteiger partial charge in [0.05, 0.1) is 0 Å². The first-order chi connectivity index (χ1) is 14.1. The Morgan fingerprint density at radius 2 is 1.21 bits per heavy atom. The normalized spacial score (nSPS) is 28.3. The summed E-state index contributed by atoms with van der Waals surface area (Å²) in [4.78, 5) is 0. The van der Waals surface area contributed by atoms with E-state index in [1.807, 2.05) is 0 Å². The summed E-state index contributed by atoms with van der Waals surface area (Å²) in [5.74, 6) is 0. The minimum atomic E-state index is -1.68. The van der Waals surface area contributed by atoms with Gasteiger partial charge >= 0.3 is 0 Å². The highest BCUT2D eigenvalue weighted by Crippen LogP contribution is 2.75. The number of hydrogen-bond donors (Lipinski definition) is 0. The minimum Gasteiger partial charge on any atom is -0.0913 e. The summed E-state index contributed by atoms with van der Waals surface area (Å²) in [6.07, 6.45) is 1.25. The zero-order valence-electron chi connectivity index (χ0n) is 16.9. The average Bonchev–Trinajstić information content (AvgIpc) is 3.17. The Bertz CT molecular complexity index is 1050. The Labute approximate surface area is 180 Å². The number of rotatable bonds is 4. The fourth-order valence-corrected chi connectivity index (χ4v) is 16.4. The third-order valence-electron chi connectivity index (χ3n) is 6.83. The van der Waals surface area contributed by atoms with Crippen LogP contribution in [0.5, 0.6) is 0 Å². The van der Waals surface area contributed by atoms with Gasteiger partial charge in [-0.3, -0.25) is 0 Å². The molecule has 3 aromatic rings. The SMILES string of the molecule is CC1=C(C)[C@@H]2[C@@H](P(c3ccccc3)c3ccccc3)C[C@H]1[P@@]2(=S)c1ccccc1. The molecule has 29 heavy (non-hydrogen) atoms. The molecule has 0 radical (unpaired) electrons. The number of hydrogen-bond acceptors (Lipinski definition) is 1. The summed E-state index contributed by atoms with van der Waals surface area (Å²) in [5.41, 5.74) is 4.94. The molecule has 2 bridgehead atoms. The molecule has 0 N–H and O–H groups in total. The van der Waals surface area contributed by atoms with Crippen LogP contribution in [0.25, 0.3) is 0 Å². The van der Waals surface area contributed by atoms with Crippen molar-refractivity contribution >= 4 is 41.7 Å². The van der Waals surface area contributed by atoms with E-state index >= 15 is 0 Å². The summed E-state index contributed by atoms with van der Waals surface area (Å²) in [5, 5.41) is 4.43. The van der Waals surface area contributed by atoms with E-state index in [0.717, 1.165) is 0 Å². The van der Waals surface area contributed by atoms with Gasteiger partial charge in [-0.1, -0.05) is 114 Å². The largest absolute Gasteiger partial charge is 0.0913 e. The van der Waals surface area contributed by atoms with Crippen LogP contribution >= 0.6 is 14.0 Å². The van der Waals surface area contributed by atoms with Crippen molar-refractivity contribution in [2.45, 2.75) is 37.2 Å². The highest BCUT2D eigenvalue weighted by atomic mass is 32.4. The van der Waals surface area contributed by atoms with Gasteiger partial charge in [0.2, 0.25) is 0 Å². The van der Waals surface area contributed by atoms with E-state index in [9.17, 15) is 0 Å². The van der Waals surface area contributed by atoms with Gasteiger partial charge in [-0.05, 0) is 55.8 Å². The molecule has 0 unspecified atom stereocenters. The molecule has 4 atom stereocenters. The van der Waals surface area contributed by atoms with Crippen LogP contribution in [-0.2, 0) is 11.8 Å². The number of fused-ring (bicyclic) bond motifs is 2. The van der Waals surface area contributed by atoms with Crippen molar-refractivity contribution in [1.82, 2.24) is 0 Å². The maximum absolute atomic E-state index is 6.67. The third-order valence-corrected chi connectivity index (χ3v) is 16.2. The molecule has 0 spiro atoms. The lowest BCUT2D eigenvalue weighted by atomic mass is 9.94. The van der Waals surface area contributed by atoms with Gasteiger partial charge in [0.25, 0.3) is 0 Å². The van der Waals surface area contributed by atoms with E-state index in [-0.39, 0.29) is 0 Å². The molecule has 5 rings (SSSR count). The van der Waals surface area contributed by atoms with Gasteiger partial charge in [-0.25, -0.2) is 0 Å². The Kier molecular flexibility index (Phi) is 5.11. The van der Waals surface area contributed by atoms with Crippen LogP contribution in [0, 0.1) is 0 Å². The second-order valence-corrected chi connectivity index (χ2v) is 15.6. The van der Waals surface area contributed by atoms with Crippen molar-refractivity contribution in [2.75, 3.05) is 0 Å². The van der Waals surface area contributed by atoms with Gasteiger partial charge in [0.1, 0.15) is 0 Å². The molecule has 2 aliphatic rings. The summed E-state index contributed by atoms with van der Waals surface area (Å²) in [7, 11) is -0.434. The maximum Gasteiger partial charge on any atom is 0.0208 e. The standard InChI is InChI=1S/C26H26P2S/c1-19-20(2)26-24(18-25(19)28(26,29)23-16-10-5-11-17-23)27(21-12-6-3-7-13-21)22-14-8-4-9-15-22/h3-17,24-26H,18H2,1-2H3/t24-,25+,26+,28-/m0/s1. The average molecular weight is 433 g/mol. The van der Waals surface area contributed by atoms with E-state index in [2.05, 4.69) is 105 Å². The topological polar surface area (TPSA) is 0 Å². The minimum absolute atomic E-state index is 0.434. The molecule has 1 saturated heterocycles. The van der Waals surface area contributed by atoms with Crippen LogP contribution in [-0.4, -0.2) is 17.0 Å². The molecular formula is C26H26P2S. The first-order valence-corrected chi connectivity index (χ1v) is 14.7. The van der Waals surface area contributed by atoms with Crippen LogP contribution < -0.4 is 15.9 Å². The van der Waals surface area contributed by atoms with Crippen LogP contribution in [0.2, 0.25) is 0 Å². The van der Waals surface area contributed by atoms with E-state index in [1.54, 1.807) is 11.1 Å². The van der Waals surface area contributed by atoms with Crippen molar-refractivity contribution in [3.8, 4) is 0 Å². The Balaban J connectivity index is 1.67. The van der Waals surface area contributed by atoms with Crippen molar-refractivity contribution < 1.29 is 0 Å². The first kappa shape index (κ1) is 19.4. The smallest absolute Gasteiger partial charge is 0.0208 e. The van der Waals surface area contributed by atoms with Gasteiger partial charge < -0.3 is 0 Å². The van der Waals surface area contributed by atoms with Crippen LogP contribution in [0.1, 0.15) is 20.3 Å². The van der Waals surface area contributed by atoms with E-state index in [1.165, 1.54) is 22.3 Å². The predicted molar refractivity (Wildman–Crippen MR) is 134 cm³/mol. The Morgan fingerprint density at radius 1 is 0.724 bits per heavy atom. The van der Waals surface area contributed by atoms with Crippen LogP contribution in [0.15, 0.2) is 102 Å². The molecule has 2 aliphatic heterocycles. The van der Waals surface area contributed by atoms with Gasteiger partial charge in [0.15, 0.2) is 0 Å². The van der Waals surface area contributed by atoms with Crippen LogP contribution in [0.3, 0.4) is 0 Å². The van der Waals surface area contributed by atoms with Crippen molar-refractivity contribution in [3.05, 3.63) is 102 Å². The first-order valence-electron chi connectivity index (χ1n) is 10.3. The highest BCUT2D eigenvalue weighted by molar-refractivity contribution is 8.19. The second-order valence-electron chi connectivity index (χ2n) is 8.22. The zero-order chi connectivity index (χ0) is 20.0. The lowest BCUT2D eigenvalue weighted by molar-refractivity contribution is 0.756. The summed E-state index contributed by atoms with van der Waals surface area (Å²) < 4.78 is 0. The quantitative estimate of drug-likeness (QED) is 0.372. The van der Waals surface area contributed by atoms with E-state index < -0.39 is 14.0 Å². The monoisotopic (exact) mass is 432 g/mol. The molecule has 0 saturated carbocycles. The lowest BCUT2D eigenvalue weighted by Crippen LogP contribution is -2.30. The van der Waals surface area contributed by atoms with Crippen molar-refractivity contribution in [2.24, 2.45) is 0 Å². The van der Waals surface area contributed by atoms with E-state index in [4.69, 9.17) is 11.8 Å². The molecule has 0 amide bonds. The number of benzene rings is 3. The summed E-state index contributed by atoms with van der Waals surface area (Å²) >= 11 is 6.67. The molecule has 3 aromatic carbocycles. The third kappa shape index (κ3) is 3.02. The zero-order valence-corrected chi connectivity index (χ0v) is 19.5. The molecule has 146 valence electrons. The fourth-order valence-electron chi connectivity index (χ4n) is 5.46. The van der Waals surface area contributed by atoms with Crippen molar-refractivity contribution in [3.63, 3.8) is 0 Å².